The monoisotopic (exact) mass is 445 g/mol. The van der Waals surface area contributed by atoms with Gasteiger partial charge in [0.25, 0.3) is 0 Å². The fourth-order valence-corrected chi connectivity index (χ4v) is 4.23. The Morgan fingerprint density at radius 3 is 2.57 bits per heavy atom. The summed E-state index contributed by atoms with van der Waals surface area (Å²) in [6, 6.07) is 11.5. The molecule has 0 aliphatic heterocycles. The van der Waals surface area contributed by atoms with Crippen LogP contribution in [0, 0.1) is 0 Å². The first-order chi connectivity index (χ1) is 10.8. The van der Waals surface area contributed by atoms with Crippen LogP contribution >= 0.6 is 35.7 Å². The smallest absolute Gasteiger partial charge is 0.191 e. The highest BCUT2D eigenvalue weighted by Crippen LogP contribution is 2.47. The second-order valence-corrected chi connectivity index (χ2v) is 7.72. The minimum Gasteiger partial charge on any atom is -0.356 e. The molecule has 3 nitrogen and oxygen atoms in total. The molecular weight excluding hydrogens is 417 g/mol. The van der Waals surface area contributed by atoms with Gasteiger partial charge in [-0.15, -0.1) is 24.0 Å². The van der Waals surface area contributed by atoms with E-state index in [1.54, 1.807) is 0 Å². The quantitative estimate of drug-likeness (QED) is 0.412. The first-order valence-corrected chi connectivity index (χ1v) is 9.60. The van der Waals surface area contributed by atoms with Crippen LogP contribution in [0.3, 0.4) is 0 Å². The first-order valence-electron chi connectivity index (χ1n) is 8.31. The van der Waals surface area contributed by atoms with E-state index >= 15 is 0 Å². The maximum Gasteiger partial charge on any atom is 0.191 e. The van der Waals surface area contributed by atoms with E-state index in [9.17, 15) is 0 Å². The van der Waals surface area contributed by atoms with Crippen molar-refractivity contribution in [3.63, 3.8) is 0 Å². The Hall–Kier alpha value is -0.430. The second-order valence-electron chi connectivity index (χ2n) is 6.58. The minimum absolute atomic E-state index is 0. The Morgan fingerprint density at radius 2 is 2.00 bits per heavy atom. The van der Waals surface area contributed by atoms with Crippen molar-refractivity contribution in [2.75, 3.05) is 19.8 Å². The summed E-state index contributed by atoms with van der Waals surface area (Å²) in [6.07, 6.45) is 8.61. The molecule has 23 heavy (non-hydrogen) atoms. The van der Waals surface area contributed by atoms with E-state index in [1.807, 2.05) is 18.8 Å². The van der Waals surface area contributed by atoms with Crippen LogP contribution < -0.4 is 10.6 Å². The molecular formula is C18H28IN3S. The number of nitrogens with one attached hydrogen (secondary N) is 2. The third-order valence-electron chi connectivity index (χ3n) is 5.12. The molecule has 0 heterocycles. The molecule has 0 amide bonds. The van der Waals surface area contributed by atoms with E-state index in [4.69, 9.17) is 0 Å². The number of guanidine groups is 1. The van der Waals surface area contributed by atoms with Crippen LogP contribution in [0.25, 0.3) is 0 Å². The van der Waals surface area contributed by atoms with Gasteiger partial charge in [-0.3, -0.25) is 4.99 Å². The number of aliphatic imine (C=N–C) groups is 1. The van der Waals surface area contributed by atoms with Gasteiger partial charge in [0.05, 0.1) is 0 Å². The largest absolute Gasteiger partial charge is 0.356 e. The molecule has 128 valence electrons. The maximum atomic E-state index is 4.41. The zero-order valence-corrected chi connectivity index (χ0v) is 17.2. The topological polar surface area (TPSA) is 36.4 Å². The van der Waals surface area contributed by atoms with E-state index in [-0.39, 0.29) is 24.0 Å². The highest BCUT2D eigenvalue weighted by molar-refractivity contribution is 14.0. The highest BCUT2D eigenvalue weighted by atomic mass is 127. The van der Waals surface area contributed by atoms with E-state index in [2.05, 4.69) is 52.2 Å². The molecule has 2 saturated carbocycles. The first kappa shape index (κ1) is 18.9. The van der Waals surface area contributed by atoms with Gasteiger partial charge < -0.3 is 10.6 Å². The molecule has 2 fully saturated rings. The molecule has 2 N–H and O–H groups in total. The molecule has 0 saturated heterocycles. The normalized spacial score (nSPS) is 25.6. The zero-order chi connectivity index (χ0) is 15.4. The van der Waals surface area contributed by atoms with E-state index in [0.29, 0.717) is 11.5 Å². The lowest BCUT2D eigenvalue weighted by atomic mass is 9.96. The van der Waals surface area contributed by atoms with Crippen molar-refractivity contribution < 1.29 is 0 Å². The summed E-state index contributed by atoms with van der Waals surface area (Å²) < 4.78 is 0. The molecule has 3 rings (SSSR count). The SMILES string of the molecule is CN=C(NCC1(c2ccccc2)CC1)NC1CCC(SC)C1.I. The van der Waals surface area contributed by atoms with Crippen molar-refractivity contribution in [1.29, 1.82) is 0 Å². The number of nitrogens with zero attached hydrogens (tertiary/aromatic N) is 1. The number of rotatable bonds is 5. The number of benzene rings is 1. The number of halogens is 1. The molecule has 0 aromatic heterocycles. The summed E-state index contributed by atoms with van der Waals surface area (Å²) in [6.45, 7) is 0.982. The number of thioether (sulfide) groups is 1. The lowest BCUT2D eigenvalue weighted by Gasteiger charge is -2.21. The Kier molecular flexibility index (Phi) is 7.07. The van der Waals surface area contributed by atoms with Crippen molar-refractivity contribution in [3.05, 3.63) is 35.9 Å². The molecule has 2 aliphatic rings. The lowest BCUT2D eigenvalue weighted by molar-refractivity contribution is 0.594. The van der Waals surface area contributed by atoms with E-state index in [1.165, 1.54) is 37.7 Å². The summed E-state index contributed by atoms with van der Waals surface area (Å²) in [5.74, 6) is 0.967. The predicted octanol–water partition coefficient (Wildman–Crippen LogP) is 3.79. The van der Waals surface area contributed by atoms with Gasteiger partial charge in [-0.25, -0.2) is 0 Å². The van der Waals surface area contributed by atoms with Gasteiger partial charge in [0.15, 0.2) is 5.96 Å². The Labute approximate surface area is 161 Å². The van der Waals surface area contributed by atoms with Crippen LogP contribution in [0.2, 0.25) is 0 Å². The standard InChI is InChI=1S/C18H27N3S.HI/c1-19-17(21-15-8-9-16(12-15)22-2)20-13-18(10-11-18)14-6-4-3-5-7-14;/h3-7,15-16H,8-13H2,1-2H3,(H2,19,20,21);1H. The summed E-state index contributed by atoms with van der Waals surface area (Å²) in [7, 11) is 1.87. The lowest BCUT2D eigenvalue weighted by Crippen LogP contribution is -2.45. The van der Waals surface area contributed by atoms with Crippen LogP contribution in [0.5, 0.6) is 0 Å². The molecule has 1 aromatic rings. The molecule has 1 aromatic carbocycles. The van der Waals surface area contributed by atoms with Crippen LogP contribution in [-0.4, -0.2) is 37.1 Å². The van der Waals surface area contributed by atoms with Gasteiger partial charge in [-0.2, -0.15) is 11.8 Å². The summed E-state index contributed by atoms with van der Waals surface area (Å²) in [5, 5.41) is 7.98. The summed E-state index contributed by atoms with van der Waals surface area (Å²) >= 11 is 2.00. The fourth-order valence-electron chi connectivity index (χ4n) is 3.44. The Morgan fingerprint density at radius 1 is 1.26 bits per heavy atom. The fraction of sp³-hybridized carbons (Fsp3) is 0.611. The summed E-state index contributed by atoms with van der Waals surface area (Å²) in [4.78, 5) is 4.41. The average molecular weight is 445 g/mol. The van der Waals surface area contributed by atoms with Gasteiger partial charge in [0.1, 0.15) is 0 Å². The van der Waals surface area contributed by atoms with Gasteiger partial charge in [-0.05, 0) is 43.9 Å². The molecule has 0 radical (unpaired) electrons. The number of hydrogen-bond donors (Lipinski definition) is 2. The summed E-state index contributed by atoms with van der Waals surface area (Å²) in [5.41, 5.74) is 1.79. The number of hydrogen-bond acceptors (Lipinski definition) is 2. The predicted molar refractivity (Wildman–Crippen MR) is 112 cm³/mol. The van der Waals surface area contributed by atoms with Gasteiger partial charge in [-0.1, -0.05) is 30.3 Å². The van der Waals surface area contributed by atoms with Crippen molar-refractivity contribution in [3.8, 4) is 0 Å². The van der Waals surface area contributed by atoms with Crippen LogP contribution in [-0.2, 0) is 5.41 Å². The molecule has 2 unspecified atom stereocenters. The third kappa shape index (κ3) is 4.78. The van der Waals surface area contributed by atoms with Crippen molar-refractivity contribution in [2.45, 2.75) is 48.8 Å². The maximum absolute atomic E-state index is 4.41. The van der Waals surface area contributed by atoms with Gasteiger partial charge in [0, 0.05) is 30.3 Å². The van der Waals surface area contributed by atoms with Crippen molar-refractivity contribution in [2.24, 2.45) is 4.99 Å². The zero-order valence-electron chi connectivity index (χ0n) is 14.0. The highest BCUT2D eigenvalue weighted by Gasteiger charge is 2.44. The molecule has 2 atom stereocenters. The second kappa shape index (κ2) is 8.60. The van der Waals surface area contributed by atoms with Gasteiger partial charge in [0.2, 0.25) is 0 Å². The molecule has 0 bridgehead atoms. The minimum atomic E-state index is 0. The molecule has 2 aliphatic carbocycles. The van der Waals surface area contributed by atoms with Crippen LogP contribution in [0.4, 0.5) is 0 Å². The van der Waals surface area contributed by atoms with Crippen LogP contribution in [0.1, 0.15) is 37.7 Å². The molecule has 0 spiro atoms. The van der Waals surface area contributed by atoms with E-state index < -0.39 is 0 Å². The third-order valence-corrected chi connectivity index (χ3v) is 6.21. The Bertz CT molecular complexity index is 516. The Balaban J connectivity index is 0.00000192. The average Bonchev–Trinajstić information content (AvgIpc) is 3.23. The molecule has 5 heteroatoms. The van der Waals surface area contributed by atoms with Crippen molar-refractivity contribution in [1.82, 2.24) is 10.6 Å². The van der Waals surface area contributed by atoms with E-state index in [0.717, 1.165) is 17.8 Å². The van der Waals surface area contributed by atoms with Crippen molar-refractivity contribution >= 4 is 41.7 Å². The van der Waals surface area contributed by atoms with Gasteiger partial charge >= 0.3 is 0 Å². The van der Waals surface area contributed by atoms with Crippen LogP contribution in [0.15, 0.2) is 35.3 Å².